The molecule has 0 saturated heterocycles. The Hall–Kier alpha value is -2.96. The molecule has 1 amide bonds. The van der Waals surface area contributed by atoms with Gasteiger partial charge in [0.15, 0.2) is 0 Å². The minimum atomic E-state index is -0.361. The third-order valence-corrected chi connectivity index (χ3v) is 4.30. The number of amides is 1. The summed E-state index contributed by atoms with van der Waals surface area (Å²) in [6.07, 6.45) is 3.64. The van der Waals surface area contributed by atoms with E-state index in [1.54, 1.807) is 12.1 Å². The first kappa shape index (κ1) is 15.6. The lowest BCUT2D eigenvalue weighted by atomic mass is 10.1. The van der Waals surface area contributed by atoms with E-state index in [1.807, 2.05) is 13.1 Å². The molecule has 7 heteroatoms. The van der Waals surface area contributed by atoms with Gasteiger partial charge in [-0.1, -0.05) is 17.3 Å². The van der Waals surface area contributed by atoms with E-state index in [0.29, 0.717) is 17.8 Å². The van der Waals surface area contributed by atoms with Crippen LogP contribution in [0.4, 0.5) is 4.39 Å². The van der Waals surface area contributed by atoms with Crippen molar-refractivity contribution < 1.29 is 13.7 Å². The van der Waals surface area contributed by atoms with Gasteiger partial charge in [-0.25, -0.2) is 9.37 Å². The van der Waals surface area contributed by atoms with Crippen LogP contribution in [-0.4, -0.2) is 26.7 Å². The summed E-state index contributed by atoms with van der Waals surface area (Å²) in [5.74, 6) is 0.489. The second kappa shape index (κ2) is 6.16. The van der Waals surface area contributed by atoms with Gasteiger partial charge in [-0.05, 0) is 25.5 Å². The monoisotopic (exact) mass is 340 g/mol. The summed E-state index contributed by atoms with van der Waals surface area (Å²) in [6.45, 7) is 2.65. The third-order valence-electron chi connectivity index (χ3n) is 4.30. The zero-order chi connectivity index (χ0) is 17.4. The van der Waals surface area contributed by atoms with Crippen molar-refractivity contribution in [3.63, 3.8) is 0 Å². The lowest BCUT2D eigenvalue weighted by Crippen LogP contribution is -2.40. The van der Waals surface area contributed by atoms with Crippen LogP contribution in [0.5, 0.6) is 0 Å². The highest BCUT2D eigenvalue weighted by Crippen LogP contribution is 2.20. The minimum Gasteiger partial charge on any atom is -0.350 e. The second-order valence-electron chi connectivity index (χ2n) is 6.25. The number of imidazole rings is 1. The quantitative estimate of drug-likeness (QED) is 0.796. The number of halogens is 1. The van der Waals surface area contributed by atoms with Gasteiger partial charge in [0.25, 0.3) is 5.91 Å². The number of benzene rings is 1. The van der Waals surface area contributed by atoms with Crippen LogP contribution in [0, 0.1) is 12.7 Å². The smallest absolute Gasteiger partial charge is 0.290 e. The number of fused-ring (bicyclic) bond motifs is 1. The highest BCUT2D eigenvalue weighted by atomic mass is 19.1. The summed E-state index contributed by atoms with van der Waals surface area (Å²) in [7, 11) is 0. The van der Waals surface area contributed by atoms with E-state index < -0.39 is 0 Å². The first-order valence-electron chi connectivity index (χ1n) is 8.14. The zero-order valence-electron chi connectivity index (χ0n) is 13.7. The normalized spacial score (nSPS) is 16.5. The molecule has 1 unspecified atom stereocenters. The van der Waals surface area contributed by atoms with Crippen LogP contribution in [-0.2, 0) is 13.0 Å². The maximum atomic E-state index is 13.3. The largest absolute Gasteiger partial charge is 0.350 e. The van der Waals surface area contributed by atoms with Crippen molar-refractivity contribution in [2.45, 2.75) is 32.4 Å². The van der Waals surface area contributed by atoms with Crippen molar-refractivity contribution in [3.8, 4) is 11.3 Å². The number of carbonyl (C=O) groups excluding carboxylic acids is 1. The van der Waals surface area contributed by atoms with E-state index in [2.05, 4.69) is 20.0 Å². The molecule has 1 N–H and O–H groups in total. The number of carbonyl (C=O) groups is 1. The fourth-order valence-electron chi connectivity index (χ4n) is 3.13. The van der Waals surface area contributed by atoms with Crippen molar-refractivity contribution in [3.05, 3.63) is 59.6 Å². The maximum absolute atomic E-state index is 13.3. The summed E-state index contributed by atoms with van der Waals surface area (Å²) in [5.41, 5.74) is 1.98. The molecule has 0 aliphatic carbocycles. The summed E-state index contributed by atoms with van der Waals surface area (Å²) < 4.78 is 20.5. The number of nitrogens with zero attached hydrogens (tertiary/aromatic N) is 3. The number of rotatable bonds is 3. The summed E-state index contributed by atoms with van der Waals surface area (Å²) in [5, 5.41) is 6.83. The summed E-state index contributed by atoms with van der Waals surface area (Å²) in [4.78, 5) is 16.9. The topological polar surface area (TPSA) is 73.0 Å². The predicted octanol–water partition coefficient (Wildman–Crippen LogP) is 2.73. The maximum Gasteiger partial charge on any atom is 0.290 e. The van der Waals surface area contributed by atoms with Crippen molar-refractivity contribution >= 4 is 5.91 Å². The van der Waals surface area contributed by atoms with Crippen LogP contribution in [0.1, 0.15) is 28.5 Å². The number of hydrogen-bond donors (Lipinski definition) is 1. The summed E-state index contributed by atoms with van der Waals surface area (Å²) >= 11 is 0. The Morgan fingerprint density at radius 1 is 1.40 bits per heavy atom. The highest BCUT2D eigenvalue weighted by molar-refractivity contribution is 5.92. The van der Waals surface area contributed by atoms with Crippen molar-refractivity contribution in [2.75, 3.05) is 0 Å². The molecule has 0 saturated carbocycles. The van der Waals surface area contributed by atoms with Crippen LogP contribution in [0.2, 0.25) is 0 Å². The van der Waals surface area contributed by atoms with E-state index >= 15 is 0 Å². The molecule has 1 aliphatic heterocycles. The Morgan fingerprint density at radius 2 is 2.28 bits per heavy atom. The zero-order valence-corrected chi connectivity index (χ0v) is 13.7. The van der Waals surface area contributed by atoms with Gasteiger partial charge in [-0.15, -0.1) is 0 Å². The molecule has 3 aromatic rings. The van der Waals surface area contributed by atoms with Gasteiger partial charge < -0.3 is 14.4 Å². The van der Waals surface area contributed by atoms with Crippen molar-refractivity contribution in [1.82, 2.24) is 20.0 Å². The number of hydrogen-bond acceptors (Lipinski definition) is 4. The first-order chi connectivity index (χ1) is 12.1. The van der Waals surface area contributed by atoms with Crippen molar-refractivity contribution in [1.29, 1.82) is 0 Å². The van der Waals surface area contributed by atoms with E-state index in [1.165, 1.54) is 18.2 Å². The van der Waals surface area contributed by atoms with E-state index in [4.69, 9.17) is 4.52 Å². The average molecular weight is 340 g/mol. The van der Waals surface area contributed by atoms with Crippen LogP contribution in [0.3, 0.4) is 0 Å². The minimum absolute atomic E-state index is 0.0105. The highest BCUT2D eigenvalue weighted by Gasteiger charge is 2.23. The van der Waals surface area contributed by atoms with Gasteiger partial charge in [-0.3, -0.25) is 4.79 Å². The van der Waals surface area contributed by atoms with Gasteiger partial charge >= 0.3 is 0 Å². The number of nitrogens with one attached hydrogen (secondary N) is 1. The molecular weight excluding hydrogens is 323 g/mol. The molecule has 0 bridgehead atoms. The van der Waals surface area contributed by atoms with Gasteiger partial charge in [0.2, 0.25) is 5.76 Å². The van der Waals surface area contributed by atoms with Gasteiger partial charge in [0.1, 0.15) is 17.3 Å². The molecule has 0 radical (unpaired) electrons. The Bertz CT molecular complexity index is 931. The SMILES string of the molecule is Cc1cn2c(n1)CCC(NC(=O)c1cc(-c3cccc(F)c3)no1)C2. The number of aryl methyl sites for hydroxylation is 2. The molecule has 3 heterocycles. The number of aromatic nitrogens is 3. The third kappa shape index (κ3) is 3.17. The molecule has 128 valence electrons. The van der Waals surface area contributed by atoms with Crippen LogP contribution < -0.4 is 5.32 Å². The molecule has 25 heavy (non-hydrogen) atoms. The fraction of sp³-hybridized carbons (Fsp3) is 0.278. The van der Waals surface area contributed by atoms with Crippen LogP contribution in [0.15, 0.2) is 41.1 Å². The molecule has 6 nitrogen and oxygen atoms in total. The lowest BCUT2D eigenvalue weighted by Gasteiger charge is -2.24. The van der Waals surface area contributed by atoms with E-state index in [-0.39, 0.29) is 23.5 Å². The Kier molecular flexibility index (Phi) is 3.83. The van der Waals surface area contributed by atoms with E-state index in [0.717, 1.165) is 24.4 Å². The molecule has 2 aromatic heterocycles. The van der Waals surface area contributed by atoms with E-state index in [9.17, 15) is 9.18 Å². The molecule has 4 rings (SSSR count). The van der Waals surface area contributed by atoms with Crippen LogP contribution in [0.25, 0.3) is 11.3 Å². The molecular formula is C18H17FN4O2. The standard InChI is InChI=1S/C18H17FN4O2/c1-11-9-23-10-14(5-6-17(23)20-11)21-18(24)16-8-15(22-25-16)12-3-2-4-13(19)7-12/h2-4,7-9,14H,5-6,10H2,1H3,(H,21,24). The van der Waals surface area contributed by atoms with Crippen molar-refractivity contribution in [2.24, 2.45) is 0 Å². The lowest BCUT2D eigenvalue weighted by molar-refractivity contribution is 0.0890. The fourth-order valence-corrected chi connectivity index (χ4v) is 3.13. The second-order valence-corrected chi connectivity index (χ2v) is 6.25. The molecule has 1 aliphatic rings. The van der Waals surface area contributed by atoms with Gasteiger partial charge in [0.05, 0.1) is 5.69 Å². The summed E-state index contributed by atoms with van der Waals surface area (Å²) in [6, 6.07) is 7.55. The van der Waals surface area contributed by atoms with Crippen LogP contribution >= 0.6 is 0 Å². The van der Waals surface area contributed by atoms with Gasteiger partial charge in [0, 0.05) is 36.8 Å². The predicted molar refractivity (Wildman–Crippen MR) is 88.4 cm³/mol. The molecule has 1 atom stereocenters. The van der Waals surface area contributed by atoms with Gasteiger partial charge in [-0.2, -0.15) is 0 Å². The Morgan fingerprint density at radius 3 is 3.12 bits per heavy atom. The Balaban J connectivity index is 1.45. The molecule has 1 aromatic carbocycles. The first-order valence-corrected chi connectivity index (χ1v) is 8.14. The average Bonchev–Trinajstić information content (AvgIpc) is 3.20. The molecule has 0 fully saturated rings. The Labute approximate surface area is 143 Å². The molecule has 0 spiro atoms.